The molecule has 0 fully saturated rings. The van der Waals surface area contributed by atoms with Crippen LogP contribution in [0, 0.1) is 5.82 Å². The van der Waals surface area contributed by atoms with Crippen LogP contribution in [-0.2, 0) is 11.3 Å². The quantitative estimate of drug-likeness (QED) is 0.677. The van der Waals surface area contributed by atoms with E-state index in [-0.39, 0.29) is 18.8 Å². The van der Waals surface area contributed by atoms with E-state index in [1.165, 1.54) is 12.1 Å². The molecule has 0 aromatic heterocycles. The topological polar surface area (TPSA) is 84.6 Å². The summed E-state index contributed by atoms with van der Waals surface area (Å²) >= 11 is 0. The van der Waals surface area contributed by atoms with Crippen LogP contribution in [0.25, 0.3) is 0 Å². The van der Waals surface area contributed by atoms with Crippen LogP contribution < -0.4 is 15.8 Å². The molecule has 1 atom stereocenters. The van der Waals surface area contributed by atoms with Crippen LogP contribution in [-0.4, -0.2) is 30.3 Å². The maximum absolute atomic E-state index is 13.5. The van der Waals surface area contributed by atoms with E-state index in [1.807, 2.05) is 0 Å². The van der Waals surface area contributed by atoms with Gasteiger partial charge < -0.3 is 20.9 Å². The fourth-order valence-corrected chi connectivity index (χ4v) is 1.34. The number of hydrogen-bond donors (Lipinski definition) is 3. The molecule has 0 heterocycles. The van der Waals surface area contributed by atoms with E-state index in [1.54, 1.807) is 13.0 Å². The predicted molar refractivity (Wildman–Crippen MR) is 64.5 cm³/mol. The summed E-state index contributed by atoms with van der Waals surface area (Å²) in [5.41, 5.74) is 5.71. The highest BCUT2D eigenvalue weighted by molar-refractivity contribution is 5.80. The molecule has 5 nitrogen and oxygen atoms in total. The standard InChI is InChI=1S/C12H17FN2O3/c1-2-18-11-4-3-8(5-9(11)13)7-15-12(17)10(16)6-14/h3-5,10,16H,2,6-7,14H2,1H3,(H,15,17). The number of hydrogen-bond acceptors (Lipinski definition) is 4. The molecule has 100 valence electrons. The third-order valence-corrected chi connectivity index (χ3v) is 2.29. The second-order valence-corrected chi connectivity index (χ2v) is 3.67. The van der Waals surface area contributed by atoms with E-state index in [9.17, 15) is 9.18 Å². The lowest BCUT2D eigenvalue weighted by Gasteiger charge is -2.10. The van der Waals surface area contributed by atoms with E-state index in [0.29, 0.717) is 12.2 Å². The van der Waals surface area contributed by atoms with Gasteiger partial charge in [-0.3, -0.25) is 4.79 Å². The predicted octanol–water partition coefficient (Wildman–Crippen LogP) is 0.160. The Bertz CT molecular complexity index is 412. The summed E-state index contributed by atoms with van der Waals surface area (Å²) in [5.74, 6) is -0.885. The molecule has 0 aliphatic carbocycles. The van der Waals surface area contributed by atoms with Gasteiger partial charge in [-0.2, -0.15) is 0 Å². The molecule has 1 aromatic rings. The second-order valence-electron chi connectivity index (χ2n) is 3.67. The molecule has 1 amide bonds. The molecule has 0 radical (unpaired) electrons. The van der Waals surface area contributed by atoms with Crippen molar-refractivity contribution in [1.29, 1.82) is 0 Å². The molecule has 4 N–H and O–H groups in total. The first-order valence-corrected chi connectivity index (χ1v) is 5.65. The number of rotatable bonds is 6. The molecular formula is C12H17FN2O3. The number of halogens is 1. The number of ether oxygens (including phenoxy) is 1. The van der Waals surface area contributed by atoms with Crippen LogP contribution in [0.3, 0.4) is 0 Å². The molecule has 0 bridgehead atoms. The molecule has 0 saturated heterocycles. The van der Waals surface area contributed by atoms with Gasteiger partial charge in [0.1, 0.15) is 6.10 Å². The van der Waals surface area contributed by atoms with Crippen molar-refractivity contribution in [2.75, 3.05) is 13.2 Å². The van der Waals surface area contributed by atoms with Gasteiger partial charge in [0.2, 0.25) is 5.91 Å². The lowest BCUT2D eigenvalue weighted by Crippen LogP contribution is -2.38. The molecule has 0 saturated carbocycles. The zero-order valence-corrected chi connectivity index (χ0v) is 10.1. The van der Waals surface area contributed by atoms with E-state index in [0.717, 1.165) is 0 Å². The van der Waals surface area contributed by atoms with Crippen molar-refractivity contribution >= 4 is 5.91 Å². The summed E-state index contributed by atoms with van der Waals surface area (Å²) in [7, 11) is 0. The molecule has 0 aliphatic heterocycles. The SMILES string of the molecule is CCOc1ccc(CNC(=O)C(O)CN)cc1F. The summed E-state index contributed by atoms with van der Waals surface area (Å²) in [4.78, 5) is 11.2. The Balaban J connectivity index is 2.58. The normalized spacial score (nSPS) is 12.0. The monoisotopic (exact) mass is 256 g/mol. The zero-order valence-electron chi connectivity index (χ0n) is 10.1. The highest BCUT2D eigenvalue weighted by Crippen LogP contribution is 2.18. The minimum atomic E-state index is -1.24. The Labute approximate surface area is 105 Å². The van der Waals surface area contributed by atoms with E-state index < -0.39 is 17.8 Å². The Hall–Kier alpha value is -1.66. The average molecular weight is 256 g/mol. The highest BCUT2D eigenvalue weighted by Gasteiger charge is 2.12. The number of aliphatic hydroxyl groups is 1. The molecular weight excluding hydrogens is 239 g/mol. The maximum Gasteiger partial charge on any atom is 0.250 e. The molecule has 1 aromatic carbocycles. The van der Waals surface area contributed by atoms with Crippen molar-refractivity contribution in [3.05, 3.63) is 29.6 Å². The highest BCUT2D eigenvalue weighted by atomic mass is 19.1. The lowest BCUT2D eigenvalue weighted by molar-refractivity contribution is -0.128. The third-order valence-electron chi connectivity index (χ3n) is 2.29. The number of carbonyl (C=O) groups excluding carboxylic acids is 1. The van der Waals surface area contributed by atoms with Crippen LogP contribution in [0.1, 0.15) is 12.5 Å². The number of aliphatic hydroxyl groups excluding tert-OH is 1. The fourth-order valence-electron chi connectivity index (χ4n) is 1.34. The van der Waals surface area contributed by atoms with Crippen LogP contribution >= 0.6 is 0 Å². The Kier molecular flexibility index (Phi) is 5.54. The van der Waals surface area contributed by atoms with Crippen LogP contribution in [0.5, 0.6) is 5.75 Å². The van der Waals surface area contributed by atoms with Crippen molar-refractivity contribution in [3.63, 3.8) is 0 Å². The van der Waals surface area contributed by atoms with Crippen LogP contribution in [0.15, 0.2) is 18.2 Å². The molecule has 18 heavy (non-hydrogen) atoms. The van der Waals surface area contributed by atoms with Crippen LogP contribution in [0.2, 0.25) is 0 Å². The van der Waals surface area contributed by atoms with Crippen molar-refractivity contribution < 1.29 is 19.0 Å². The summed E-state index contributed by atoms with van der Waals surface area (Å²) in [6, 6.07) is 4.42. The van der Waals surface area contributed by atoms with Gasteiger partial charge in [-0.05, 0) is 24.6 Å². The Morgan fingerprint density at radius 1 is 1.61 bits per heavy atom. The zero-order chi connectivity index (χ0) is 13.5. The van der Waals surface area contributed by atoms with Gasteiger partial charge in [0.15, 0.2) is 11.6 Å². The molecule has 0 aliphatic rings. The molecule has 1 rings (SSSR count). The first-order chi connectivity index (χ1) is 8.58. The Morgan fingerprint density at radius 2 is 2.33 bits per heavy atom. The third kappa shape index (κ3) is 3.97. The second kappa shape index (κ2) is 6.93. The van der Waals surface area contributed by atoms with E-state index in [2.05, 4.69) is 5.32 Å². The summed E-state index contributed by atoms with van der Waals surface area (Å²) in [6.45, 7) is 2.13. The van der Waals surface area contributed by atoms with Crippen molar-refractivity contribution in [1.82, 2.24) is 5.32 Å². The smallest absolute Gasteiger partial charge is 0.250 e. The fraction of sp³-hybridized carbons (Fsp3) is 0.417. The van der Waals surface area contributed by atoms with Gasteiger partial charge in [0, 0.05) is 13.1 Å². The Morgan fingerprint density at radius 3 is 2.89 bits per heavy atom. The molecule has 6 heteroatoms. The van der Waals surface area contributed by atoms with Crippen molar-refractivity contribution in [2.45, 2.75) is 19.6 Å². The van der Waals surface area contributed by atoms with Gasteiger partial charge in [-0.1, -0.05) is 6.07 Å². The minimum Gasteiger partial charge on any atom is -0.491 e. The lowest BCUT2D eigenvalue weighted by atomic mass is 10.2. The minimum absolute atomic E-state index is 0.124. The van der Waals surface area contributed by atoms with Crippen molar-refractivity contribution in [2.24, 2.45) is 5.73 Å². The first-order valence-electron chi connectivity index (χ1n) is 5.65. The molecule has 0 spiro atoms. The number of nitrogens with two attached hydrogens (primary N) is 1. The van der Waals surface area contributed by atoms with Gasteiger partial charge in [-0.15, -0.1) is 0 Å². The van der Waals surface area contributed by atoms with Crippen molar-refractivity contribution in [3.8, 4) is 5.75 Å². The number of carbonyl (C=O) groups is 1. The van der Waals surface area contributed by atoms with Gasteiger partial charge in [-0.25, -0.2) is 4.39 Å². The number of nitrogens with one attached hydrogen (secondary N) is 1. The number of amides is 1. The largest absolute Gasteiger partial charge is 0.491 e. The van der Waals surface area contributed by atoms with Crippen LogP contribution in [0.4, 0.5) is 4.39 Å². The summed E-state index contributed by atoms with van der Waals surface area (Å²) in [5, 5.41) is 11.6. The van der Waals surface area contributed by atoms with Gasteiger partial charge in [0.05, 0.1) is 6.61 Å². The van der Waals surface area contributed by atoms with E-state index >= 15 is 0 Å². The summed E-state index contributed by atoms with van der Waals surface area (Å²) < 4.78 is 18.5. The first kappa shape index (κ1) is 14.4. The molecule has 1 unspecified atom stereocenters. The summed E-state index contributed by atoms with van der Waals surface area (Å²) in [6.07, 6.45) is -1.24. The van der Waals surface area contributed by atoms with Gasteiger partial charge in [0.25, 0.3) is 0 Å². The van der Waals surface area contributed by atoms with E-state index in [4.69, 9.17) is 15.6 Å². The number of benzene rings is 1. The average Bonchev–Trinajstić information content (AvgIpc) is 2.38. The van der Waals surface area contributed by atoms with Gasteiger partial charge >= 0.3 is 0 Å². The maximum atomic E-state index is 13.5.